The molecule has 100 valence electrons. The van der Waals surface area contributed by atoms with E-state index in [0.29, 0.717) is 10.2 Å². The highest BCUT2D eigenvalue weighted by molar-refractivity contribution is 9.10. The van der Waals surface area contributed by atoms with Crippen LogP contribution < -0.4 is 4.90 Å². The molecule has 1 aliphatic heterocycles. The first-order chi connectivity index (χ1) is 8.90. The Labute approximate surface area is 116 Å². The molecule has 1 fully saturated rings. The molecular formula is C12H10BrNO5. The summed E-state index contributed by atoms with van der Waals surface area (Å²) in [5.41, 5.74) is 0.429. The Kier molecular flexibility index (Phi) is 3.57. The van der Waals surface area contributed by atoms with E-state index in [1.54, 1.807) is 0 Å². The number of hydrogen-bond donors (Lipinski definition) is 2. The maximum absolute atomic E-state index is 11.8. The molecule has 0 saturated carbocycles. The van der Waals surface area contributed by atoms with Crippen LogP contribution >= 0.6 is 15.9 Å². The summed E-state index contributed by atoms with van der Waals surface area (Å²) in [4.78, 5) is 34.9. The predicted molar refractivity (Wildman–Crippen MR) is 69.2 cm³/mol. The van der Waals surface area contributed by atoms with Crippen LogP contribution in [0.5, 0.6) is 0 Å². The fourth-order valence-electron chi connectivity index (χ4n) is 1.96. The van der Waals surface area contributed by atoms with Crippen molar-refractivity contribution in [2.75, 3.05) is 11.4 Å². The average molecular weight is 328 g/mol. The summed E-state index contributed by atoms with van der Waals surface area (Å²) in [6.45, 7) is 0.0514. The van der Waals surface area contributed by atoms with Gasteiger partial charge in [0.25, 0.3) is 0 Å². The number of amides is 1. The smallest absolute Gasteiger partial charge is 0.335 e. The lowest BCUT2D eigenvalue weighted by Crippen LogP contribution is -2.26. The molecule has 1 unspecified atom stereocenters. The molecule has 0 spiro atoms. The first-order valence-corrected chi connectivity index (χ1v) is 6.25. The van der Waals surface area contributed by atoms with Crippen LogP contribution in [-0.4, -0.2) is 34.6 Å². The molecule has 19 heavy (non-hydrogen) atoms. The predicted octanol–water partition coefficient (Wildman–Crippen LogP) is 1.58. The molecule has 0 radical (unpaired) electrons. The Morgan fingerprint density at radius 3 is 2.53 bits per heavy atom. The first kappa shape index (κ1) is 13.5. The van der Waals surface area contributed by atoms with E-state index in [1.165, 1.54) is 23.1 Å². The quantitative estimate of drug-likeness (QED) is 0.878. The van der Waals surface area contributed by atoms with Gasteiger partial charge in [-0.05, 0) is 34.1 Å². The number of benzene rings is 1. The monoisotopic (exact) mass is 327 g/mol. The van der Waals surface area contributed by atoms with Crippen LogP contribution in [0.25, 0.3) is 0 Å². The molecular weight excluding hydrogens is 318 g/mol. The van der Waals surface area contributed by atoms with E-state index in [-0.39, 0.29) is 24.4 Å². The van der Waals surface area contributed by atoms with Crippen molar-refractivity contribution in [2.24, 2.45) is 5.92 Å². The number of hydrogen-bond acceptors (Lipinski definition) is 3. The van der Waals surface area contributed by atoms with Gasteiger partial charge in [0, 0.05) is 17.4 Å². The highest BCUT2D eigenvalue weighted by Crippen LogP contribution is 2.32. The van der Waals surface area contributed by atoms with Crippen LogP contribution in [0.4, 0.5) is 5.69 Å². The second-order valence-electron chi connectivity index (χ2n) is 4.21. The van der Waals surface area contributed by atoms with E-state index >= 15 is 0 Å². The van der Waals surface area contributed by atoms with Gasteiger partial charge in [-0.3, -0.25) is 9.59 Å². The zero-order chi connectivity index (χ0) is 14.2. The summed E-state index contributed by atoms with van der Waals surface area (Å²) in [5, 5.41) is 17.9. The van der Waals surface area contributed by atoms with Gasteiger partial charge in [0.2, 0.25) is 5.91 Å². The van der Waals surface area contributed by atoms with Gasteiger partial charge in [0.15, 0.2) is 0 Å². The molecule has 7 heteroatoms. The van der Waals surface area contributed by atoms with Gasteiger partial charge in [0.1, 0.15) is 0 Å². The van der Waals surface area contributed by atoms with Crippen molar-refractivity contribution < 1.29 is 24.6 Å². The molecule has 1 heterocycles. The number of carbonyl (C=O) groups is 3. The molecule has 1 aromatic carbocycles. The van der Waals surface area contributed by atoms with Crippen molar-refractivity contribution in [2.45, 2.75) is 6.42 Å². The van der Waals surface area contributed by atoms with Gasteiger partial charge < -0.3 is 15.1 Å². The molecule has 1 atom stereocenters. The highest BCUT2D eigenvalue weighted by atomic mass is 79.9. The van der Waals surface area contributed by atoms with Crippen LogP contribution in [0, 0.1) is 5.92 Å². The summed E-state index contributed by atoms with van der Waals surface area (Å²) < 4.78 is 0.553. The molecule has 1 saturated heterocycles. The lowest BCUT2D eigenvalue weighted by molar-refractivity contribution is -0.141. The molecule has 2 rings (SSSR count). The molecule has 0 aromatic heterocycles. The van der Waals surface area contributed by atoms with Crippen LogP contribution in [0.3, 0.4) is 0 Å². The van der Waals surface area contributed by atoms with Gasteiger partial charge in [-0.1, -0.05) is 0 Å². The lowest BCUT2D eigenvalue weighted by Gasteiger charge is -2.18. The summed E-state index contributed by atoms with van der Waals surface area (Å²) in [6, 6.07) is 4.29. The summed E-state index contributed by atoms with van der Waals surface area (Å²) in [6.07, 6.45) is -0.0704. The van der Waals surface area contributed by atoms with Crippen molar-refractivity contribution in [3.63, 3.8) is 0 Å². The number of anilines is 1. The number of nitrogens with zero attached hydrogens (tertiary/aromatic N) is 1. The van der Waals surface area contributed by atoms with E-state index in [9.17, 15) is 14.4 Å². The van der Waals surface area contributed by atoms with Crippen LogP contribution in [0.2, 0.25) is 0 Å². The summed E-state index contributed by atoms with van der Waals surface area (Å²) in [7, 11) is 0. The van der Waals surface area contributed by atoms with Crippen LogP contribution in [-0.2, 0) is 9.59 Å². The van der Waals surface area contributed by atoms with Gasteiger partial charge in [0.05, 0.1) is 17.2 Å². The number of carboxylic acids is 2. The Balaban J connectivity index is 2.36. The van der Waals surface area contributed by atoms with Crippen molar-refractivity contribution in [3.8, 4) is 0 Å². The van der Waals surface area contributed by atoms with Crippen LogP contribution in [0.1, 0.15) is 16.8 Å². The lowest BCUT2D eigenvalue weighted by atomic mass is 10.1. The SMILES string of the molecule is O=C(O)c1ccc(Br)c(N2CC(C(=O)O)CC2=O)c1. The van der Waals surface area contributed by atoms with Crippen molar-refractivity contribution >= 4 is 39.5 Å². The minimum Gasteiger partial charge on any atom is -0.481 e. The zero-order valence-corrected chi connectivity index (χ0v) is 11.3. The third kappa shape index (κ3) is 2.60. The Hall–Kier alpha value is -1.89. The van der Waals surface area contributed by atoms with Gasteiger partial charge in [-0.15, -0.1) is 0 Å². The maximum atomic E-state index is 11.8. The molecule has 0 bridgehead atoms. The molecule has 1 amide bonds. The minimum atomic E-state index is -1.10. The van der Waals surface area contributed by atoms with Gasteiger partial charge in [-0.25, -0.2) is 4.79 Å². The third-order valence-corrected chi connectivity index (χ3v) is 3.63. The number of aliphatic carboxylic acids is 1. The molecule has 2 N–H and O–H groups in total. The van der Waals surface area contributed by atoms with E-state index in [0.717, 1.165) is 0 Å². The Morgan fingerprint density at radius 1 is 1.32 bits per heavy atom. The topological polar surface area (TPSA) is 94.9 Å². The second-order valence-corrected chi connectivity index (χ2v) is 5.07. The Morgan fingerprint density at radius 2 is 2.00 bits per heavy atom. The summed E-state index contributed by atoms with van der Waals surface area (Å²) >= 11 is 3.24. The molecule has 1 aliphatic rings. The molecule has 0 aliphatic carbocycles. The van der Waals surface area contributed by atoms with Crippen molar-refractivity contribution in [3.05, 3.63) is 28.2 Å². The third-order valence-electron chi connectivity index (χ3n) is 2.96. The Bertz CT molecular complexity index is 571. The van der Waals surface area contributed by atoms with E-state index in [2.05, 4.69) is 15.9 Å². The van der Waals surface area contributed by atoms with Gasteiger partial charge in [-0.2, -0.15) is 0 Å². The minimum absolute atomic E-state index is 0.0461. The fraction of sp³-hybridized carbons (Fsp3) is 0.250. The number of carbonyl (C=O) groups excluding carboxylic acids is 1. The first-order valence-electron chi connectivity index (χ1n) is 5.46. The highest BCUT2D eigenvalue weighted by Gasteiger charge is 2.36. The normalized spacial score (nSPS) is 18.7. The largest absolute Gasteiger partial charge is 0.481 e. The summed E-state index contributed by atoms with van der Waals surface area (Å²) in [5.74, 6) is -3.21. The number of aromatic carboxylic acids is 1. The zero-order valence-electron chi connectivity index (χ0n) is 9.67. The van der Waals surface area contributed by atoms with E-state index < -0.39 is 17.9 Å². The standard InChI is InChI=1S/C12H10BrNO5/c13-8-2-1-6(11(16)17)3-9(8)14-5-7(12(18)19)4-10(14)15/h1-3,7H,4-5H2,(H,16,17)(H,18,19). The molecule has 6 nitrogen and oxygen atoms in total. The number of carboxylic acid groups (broad SMARTS) is 2. The van der Waals surface area contributed by atoms with Crippen molar-refractivity contribution in [1.82, 2.24) is 0 Å². The number of rotatable bonds is 3. The van der Waals surface area contributed by atoms with Crippen molar-refractivity contribution in [1.29, 1.82) is 0 Å². The van der Waals surface area contributed by atoms with Gasteiger partial charge >= 0.3 is 11.9 Å². The number of halogens is 1. The van der Waals surface area contributed by atoms with Crippen LogP contribution in [0.15, 0.2) is 22.7 Å². The average Bonchev–Trinajstić information content (AvgIpc) is 2.72. The van der Waals surface area contributed by atoms with E-state index in [4.69, 9.17) is 10.2 Å². The fourth-order valence-corrected chi connectivity index (χ4v) is 2.42. The maximum Gasteiger partial charge on any atom is 0.335 e. The van der Waals surface area contributed by atoms with E-state index in [1.807, 2.05) is 0 Å². The second kappa shape index (κ2) is 5.00. The molecule has 1 aromatic rings.